The number of hydrogen-bond acceptors (Lipinski definition) is 4. The summed E-state index contributed by atoms with van der Waals surface area (Å²) in [5, 5.41) is 13.2. The Morgan fingerprint density at radius 3 is 3.00 bits per heavy atom. The fourth-order valence-corrected chi connectivity index (χ4v) is 2.22. The molecule has 0 fully saturated rings. The van der Waals surface area contributed by atoms with E-state index in [9.17, 15) is 5.11 Å². The quantitative estimate of drug-likeness (QED) is 0.593. The van der Waals surface area contributed by atoms with Crippen LogP contribution in [0.4, 0.5) is 5.82 Å². The largest absolute Gasteiger partial charge is 0.494 e. The second-order valence-electron chi connectivity index (χ2n) is 4.16. The molecule has 0 aliphatic carbocycles. The lowest BCUT2D eigenvalue weighted by Crippen LogP contribution is -2.20. The van der Waals surface area contributed by atoms with Gasteiger partial charge in [-0.15, -0.1) is 0 Å². The fraction of sp³-hybridized carbons (Fsp3) is 0.250. The van der Waals surface area contributed by atoms with E-state index in [-0.39, 0.29) is 5.88 Å². The van der Waals surface area contributed by atoms with Crippen molar-refractivity contribution in [2.24, 2.45) is 0 Å². The normalized spacial score (nSPS) is 16.1. The Bertz CT molecular complexity index is 600. The number of pyridine rings is 1. The van der Waals surface area contributed by atoms with Gasteiger partial charge in [0.15, 0.2) is 5.88 Å². The number of nitrogens with zero attached hydrogens (tertiary/aromatic N) is 1. The molecular formula is C12H14N4O. The topological polar surface area (TPSA) is 87.0 Å². The molecule has 88 valence electrons. The Kier molecular flexibility index (Phi) is 2.26. The molecule has 3 heterocycles. The van der Waals surface area contributed by atoms with Crippen molar-refractivity contribution in [1.82, 2.24) is 15.3 Å². The Balaban J connectivity index is 2.23. The van der Waals surface area contributed by atoms with Crippen LogP contribution < -0.4 is 11.1 Å². The Hall–Kier alpha value is -2.01. The van der Waals surface area contributed by atoms with Crippen LogP contribution in [0, 0.1) is 0 Å². The van der Waals surface area contributed by atoms with E-state index in [1.165, 1.54) is 0 Å². The molecule has 1 aliphatic rings. The third-order valence-electron chi connectivity index (χ3n) is 3.03. The van der Waals surface area contributed by atoms with Crippen LogP contribution in [0.2, 0.25) is 0 Å². The molecule has 0 saturated carbocycles. The molecule has 2 aromatic heterocycles. The summed E-state index contributed by atoms with van der Waals surface area (Å²) < 4.78 is 0. The van der Waals surface area contributed by atoms with Gasteiger partial charge < -0.3 is 21.1 Å². The highest BCUT2D eigenvalue weighted by Gasteiger charge is 2.17. The Morgan fingerprint density at radius 1 is 1.35 bits per heavy atom. The number of fused-ring (bicyclic) bond motifs is 1. The lowest BCUT2D eigenvalue weighted by Gasteiger charge is -2.13. The molecule has 0 atom stereocenters. The van der Waals surface area contributed by atoms with Gasteiger partial charge in [-0.25, -0.2) is 4.98 Å². The van der Waals surface area contributed by atoms with Crippen LogP contribution in [0.3, 0.4) is 0 Å². The maximum Gasteiger partial charge on any atom is 0.198 e. The van der Waals surface area contributed by atoms with Crippen LogP contribution in [-0.2, 0) is 0 Å². The van der Waals surface area contributed by atoms with E-state index in [2.05, 4.69) is 21.4 Å². The first-order valence-corrected chi connectivity index (χ1v) is 5.63. The first-order valence-electron chi connectivity index (χ1n) is 5.63. The monoisotopic (exact) mass is 230 g/mol. The minimum absolute atomic E-state index is 0.172. The molecule has 5 nitrogen and oxygen atoms in total. The number of aromatic hydroxyl groups is 1. The molecule has 0 unspecified atom stereocenters. The number of nitrogen functional groups attached to an aromatic ring is 1. The zero-order valence-corrected chi connectivity index (χ0v) is 9.33. The van der Waals surface area contributed by atoms with Crippen molar-refractivity contribution >= 4 is 22.4 Å². The predicted molar refractivity (Wildman–Crippen MR) is 67.6 cm³/mol. The van der Waals surface area contributed by atoms with Crippen molar-refractivity contribution in [2.45, 2.75) is 6.42 Å². The van der Waals surface area contributed by atoms with E-state index < -0.39 is 0 Å². The molecule has 0 radical (unpaired) electrons. The first kappa shape index (κ1) is 10.2. The second kappa shape index (κ2) is 3.78. The summed E-state index contributed by atoms with van der Waals surface area (Å²) in [6.45, 7) is 1.74. The standard InChI is InChI=1S/C12H14N4O/c13-9-2-1-8-11(16-9)10(12(17)15-8)7-3-5-14-6-4-7/h1-3,14-15,17H,4-6H2,(H2,13,16). The number of nitrogens with two attached hydrogens (primary N) is 1. The number of aromatic amines is 1. The maximum absolute atomic E-state index is 9.98. The third kappa shape index (κ3) is 1.64. The van der Waals surface area contributed by atoms with Gasteiger partial charge in [0.25, 0.3) is 0 Å². The highest BCUT2D eigenvalue weighted by atomic mass is 16.3. The third-order valence-corrected chi connectivity index (χ3v) is 3.03. The van der Waals surface area contributed by atoms with Gasteiger partial charge in [-0.1, -0.05) is 6.08 Å². The Labute approximate surface area is 98.4 Å². The smallest absolute Gasteiger partial charge is 0.198 e. The molecule has 0 saturated heterocycles. The molecule has 17 heavy (non-hydrogen) atoms. The van der Waals surface area contributed by atoms with Gasteiger partial charge >= 0.3 is 0 Å². The molecule has 5 heteroatoms. The lowest BCUT2D eigenvalue weighted by atomic mass is 10.0. The summed E-state index contributed by atoms with van der Waals surface area (Å²) in [4.78, 5) is 7.22. The summed E-state index contributed by atoms with van der Waals surface area (Å²) in [5.74, 6) is 0.638. The van der Waals surface area contributed by atoms with E-state index in [1.54, 1.807) is 6.07 Å². The van der Waals surface area contributed by atoms with E-state index in [0.29, 0.717) is 5.82 Å². The number of nitrogens with one attached hydrogen (secondary N) is 2. The minimum atomic E-state index is 0.172. The molecule has 0 amide bonds. The number of hydrogen-bond donors (Lipinski definition) is 4. The van der Waals surface area contributed by atoms with Gasteiger partial charge in [0, 0.05) is 6.54 Å². The highest BCUT2D eigenvalue weighted by Crippen LogP contribution is 2.34. The van der Waals surface area contributed by atoms with Gasteiger partial charge in [-0.2, -0.15) is 0 Å². The summed E-state index contributed by atoms with van der Waals surface area (Å²) in [6.07, 6.45) is 2.97. The van der Waals surface area contributed by atoms with Crippen LogP contribution in [0.1, 0.15) is 12.0 Å². The van der Waals surface area contributed by atoms with Crippen molar-refractivity contribution in [2.75, 3.05) is 18.8 Å². The van der Waals surface area contributed by atoms with Crippen LogP contribution in [0.15, 0.2) is 18.2 Å². The summed E-state index contributed by atoms with van der Waals surface area (Å²) >= 11 is 0. The molecule has 0 aromatic carbocycles. The summed E-state index contributed by atoms with van der Waals surface area (Å²) in [7, 11) is 0. The zero-order valence-electron chi connectivity index (χ0n) is 9.33. The van der Waals surface area contributed by atoms with Gasteiger partial charge in [0.2, 0.25) is 0 Å². The van der Waals surface area contributed by atoms with Crippen molar-refractivity contribution in [1.29, 1.82) is 0 Å². The van der Waals surface area contributed by atoms with Crippen molar-refractivity contribution in [3.05, 3.63) is 23.8 Å². The highest BCUT2D eigenvalue weighted by molar-refractivity contribution is 5.93. The SMILES string of the molecule is Nc1ccc2[nH]c(O)c(C3=CCNCC3)c2n1. The summed E-state index contributed by atoms with van der Waals surface area (Å²) in [5.41, 5.74) is 9.15. The lowest BCUT2D eigenvalue weighted by molar-refractivity contribution is 0.456. The van der Waals surface area contributed by atoms with Crippen LogP contribution in [0.25, 0.3) is 16.6 Å². The van der Waals surface area contributed by atoms with Crippen molar-refractivity contribution < 1.29 is 5.11 Å². The van der Waals surface area contributed by atoms with E-state index in [1.807, 2.05) is 6.07 Å². The fourth-order valence-electron chi connectivity index (χ4n) is 2.22. The van der Waals surface area contributed by atoms with Crippen LogP contribution in [-0.4, -0.2) is 28.2 Å². The van der Waals surface area contributed by atoms with Crippen molar-refractivity contribution in [3.8, 4) is 5.88 Å². The van der Waals surface area contributed by atoms with Gasteiger partial charge in [-0.3, -0.25) is 0 Å². The van der Waals surface area contributed by atoms with E-state index in [0.717, 1.165) is 41.7 Å². The number of aromatic nitrogens is 2. The Morgan fingerprint density at radius 2 is 2.24 bits per heavy atom. The number of H-pyrrole nitrogens is 1. The molecule has 2 aromatic rings. The molecule has 5 N–H and O–H groups in total. The second-order valence-corrected chi connectivity index (χ2v) is 4.16. The first-order chi connectivity index (χ1) is 8.25. The van der Waals surface area contributed by atoms with Gasteiger partial charge in [-0.05, 0) is 30.7 Å². The average Bonchev–Trinajstić information content (AvgIpc) is 2.65. The molecular weight excluding hydrogens is 216 g/mol. The predicted octanol–water partition coefficient (Wildman–Crippen LogP) is 1.23. The van der Waals surface area contributed by atoms with Crippen LogP contribution >= 0.6 is 0 Å². The number of anilines is 1. The van der Waals surface area contributed by atoms with E-state index in [4.69, 9.17) is 5.73 Å². The molecule has 3 rings (SSSR count). The zero-order chi connectivity index (χ0) is 11.8. The molecule has 0 spiro atoms. The van der Waals surface area contributed by atoms with Gasteiger partial charge in [0.05, 0.1) is 11.1 Å². The molecule has 1 aliphatic heterocycles. The average molecular weight is 230 g/mol. The maximum atomic E-state index is 9.98. The van der Waals surface area contributed by atoms with E-state index >= 15 is 0 Å². The minimum Gasteiger partial charge on any atom is -0.494 e. The van der Waals surface area contributed by atoms with Gasteiger partial charge in [0.1, 0.15) is 11.3 Å². The summed E-state index contributed by atoms with van der Waals surface area (Å²) in [6, 6.07) is 3.56. The van der Waals surface area contributed by atoms with Crippen molar-refractivity contribution in [3.63, 3.8) is 0 Å². The number of rotatable bonds is 1. The molecule has 0 bridgehead atoms. The van der Waals surface area contributed by atoms with Crippen LogP contribution in [0.5, 0.6) is 5.88 Å².